The fraction of sp³-hybridized carbons (Fsp3) is 0.208. The maximum absolute atomic E-state index is 13.0. The van der Waals surface area contributed by atoms with Gasteiger partial charge in [0.2, 0.25) is 0 Å². The van der Waals surface area contributed by atoms with Crippen molar-refractivity contribution in [3.63, 3.8) is 0 Å². The second kappa shape index (κ2) is 9.22. The number of para-hydroxylation sites is 1. The molecule has 1 amide bonds. The number of hydrogen-bond donors (Lipinski definition) is 2. The largest absolute Gasteiger partial charge is 0.481 e. The molecule has 2 N–H and O–H groups in total. The minimum absolute atomic E-state index is 0.0990. The number of rotatable bonds is 7. The average Bonchev–Trinajstić information content (AvgIpc) is 2.72. The lowest BCUT2D eigenvalue weighted by Crippen LogP contribution is -2.30. The lowest BCUT2D eigenvalue weighted by atomic mass is 10.1. The van der Waals surface area contributed by atoms with Crippen LogP contribution in [-0.2, 0) is 14.8 Å². The van der Waals surface area contributed by atoms with E-state index in [0.717, 1.165) is 11.1 Å². The van der Waals surface area contributed by atoms with Crippen molar-refractivity contribution in [2.45, 2.75) is 38.7 Å². The highest BCUT2D eigenvalue weighted by Gasteiger charge is 2.20. The molecular weight excluding hydrogens is 412 g/mol. The lowest BCUT2D eigenvalue weighted by molar-refractivity contribution is -0.122. The molecular formula is C24H26N2O4S. The van der Waals surface area contributed by atoms with Gasteiger partial charge >= 0.3 is 0 Å². The van der Waals surface area contributed by atoms with Crippen molar-refractivity contribution in [2.75, 3.05) is 10.0 Å². The molecule has 3 aromatic carbocycles. The summed E-state index contributed by atoms with van der Waals surface area (Å²) in [5, 5.41) is 2.73. The second-order valence-electron chi connectivity index (χ2n) is 7.47. The zero-order valence-corrected chi connectivity index (χ0v) is 18.8. The Hall–Kier alpha value is -3.32. The summed E-state index contributed by atoms with van der Waals surface area (Å²) >= 11 is 0. The van der Waals surface area contributed by atoms with Crippen LogP contribution in [0.3, 0.4) is 0 Å². The molecule has 0 heterocycles. The second-order valence-corrected chi connectivity index (χ2v) is 9.12. The van der Waals surface area contributed by atoms with Gasteiger partial charge in [0, 0.05) is 5.69 Å². The van der Waals surface area contributed by atoms with Crippen LogP contribution in [0.15, 0.2) is 71.6 Å². The van der Waals surface area contributed by atoms with Gasteiger partial charge < -0.3 is 10.1 Å². The van der Waals surface area contributed by atoms with Crippen molar-refractivity contribution in [2.24, 2.45) is 0 Å². The monoisotopic (exact) mass is 438 g/mol. The molecule has 7 heteroatoms. The summed E-state index contributed by atoms with van der Waals surface area (Å²) in [5.74, 6) is 0.202. The molecule has 1 atom stereocenters. The van der Waals surface area contributed by atoms with E-state index in [1.807, 2.05) is 44.2 Å². The number of anilines is 2. The summed E-state index contributed by atoms with van der Waals surface area (Å²) in [6.45, 7) is 7.14. The van der Waals surface area contributed by atoms with Crippen molar-refractivity contribution in [1.82, 2.24) is 0 Å². The minimum atomic E-state index is -3.84. The van der Waals surface area contributed by atoms with Crippen LogP contribution in [0.5, 0.6) is 5.75 Å². The van der Waals surface area contributed by atoms with Crippen LogP contribution in [0.2, 0.25) is 0 Å². The van der Waals surface area contributed by atoms with Crippen molar-refractivity contribution in [1.29, 1.82) is 0 Å². The SMILES string of the molecule is Cc1ccc(NS(=O)(=O)c2cc(NC(=O)[C@H](C)Oc3ccccc3)ccc2C)c(C)c1. The van der Waals surface area contributed by atoms with Gasteiger partial charge in [-0.2, -0.15) is 0 Å². The predicted octanol–water partition coefficient (Wildman–Crippen LogP) is 4.82. The number of aryl methyl sites for hydroxylation is 3. The Labute approximate surface area is 183 Å². The Balaban J connectivity index is 1.78. The molecule has 0 radical (unpaired) electrons. The number of amides is 1. The normalized spacial score (nSPS) is 12.1. The Bertz CT molecular complexity index is 1190. The quantitative estimate of drug-likeness (QED) is 0.554. The first-order chi connectivity index (χ1) is 14.7. The molecule has 0 aliphatic carbocycles. The van der Waals surface area contributed by atoms with Gasteiger partial charge in [0.05, 0.1) is 10.6 Å². The molecule has 31 heavy (non-hydrogen) atoms. The van der Waals surface area contributed by atoms with Crippen LogP contribution in [0, 0.1) is 20.8 Å². The fourth-order valence-electron chi connectivity index (χ4n) is 3.10. The zero-order valence-electron chi connectivity index (χ0n) is 18.0. The molecule has 0 fully saturated rings. The van der Waals surface area contributed by atoms with Crippen molar-refractivity contribution in [3.8, 4) is 5.75 Å². The van der Waals surface area contributed by atoms with E-state index in [2.05, 4.69) is 10.0 Å². The van der Waals surface area contributed by atoms with Gasteiger partial charge in [-0.25, -0.2) is 8.42 Å². The highest BCUT2D eigenvalue weighted by Crippen LogP contribution is 2.25. The van der Waals surface area contributed by atoms with E-state index < -0.39 is 16.1 Å². The number of ether oxygens (including phenoxy) is 1. The summed E-state index contributed by atoms with van der Waals surface area (Å²) in [4.78, 5) is 12.6. The van der Waals surface area contributed by atoms with E-state index >= 15 is 0 Å². The van der Waals surface area contributed by atoms with Gasteiger partial charge in [0.25, 0.3) is 15.9 Å². The number of carbonyl (C=O) groups is 1. The molecule has 3 aromatic rings. The van der Waals surface area contributed by atoms with Gasteiger partial charge in [-0.1, -0.05) is 42.0 Å². The molecule has 0 aliphatic rings. The van der Waals surface area contributed by atoms with Crippen LogP contribution in [0.1, 0.15) is 23.6 Å². The third kappa shape index (κ3) is 5.64. The van der Waals surface area contributed by atoms with Crippen molar-refractivity contribution < 1.29 is 17.9 Å². The third-order valence-electron chi connectivity index (χ3n) is 4.80. The van der Waals surface area contributed by atoms with E-state index in [0.29, 0.717) is 22.7 Å². The molecule has 0 saturated heterocycles. The third-order valence-corrected chi connectivity index (χ3v) is 6.30. The molecule has 0 unspecified atom stereocenters. The Morgan fingerprint density at radius 2 is 1.61 bits per heavy atom. The number of carbonyl (C=O) groups excluding carboxylic acids is 1. The summed E-state index contributed by atoms with van der Waals surface area (Å²) < 4.78 is 34.3. The van der Waals surface area contributed by atoms with E-state index in [1.165, 1.54) is 6.07 Å². The average molecular weight is 439 g/mol. The summed E-state index contributed by atoms with van der Waals surface area (Å²) in [6.07, 6.45) is -0.753. The smallest absolute Gasteiger partial charge is 0.265 e. The summed E-state index contributed by atoms with van der Waals surface area (Å²) in [6, 6.07) is 19.3. The minimum Gasteiger partial charge on any atom is -0.481 e. The number of benzene rings is 3. The molecule has 0 aliphatic heterocycles. The van der Waals surface area contributed by atoms with E-state index in [1.54, 1.807) is 44.2 Å². The maximum Gasteiger partial charge on any atom is 0.265 e. The maximum atomic E-state index is 13.0. The Kier molecular flexibility index (Phi) is 6.65. The molecule has 0 bridgehead atoms. The first-order valence-electron chi connectivity index (χ1n) is 9.89. The van der Waals surface area contributed by atoms with Gasteiger partial charge in [-0.3, -0.25) is 9.52 Å². The van der Waals surface area contributed by atoms with Gasteiger partial charge in [0.1, 0.15) is 5.75 Å². The predicted molar refractivity (Wildman–Crippen MR) is 123 cm³/mol. The molecule has 0 spiro atoms. The first-order valence-corrected chi connectivity index (χ1v) is 11.4. The van der Waals surface area contributed by atoms with Crippen LogP contribution in [-0.4, -0.2) is 20.4 Å². The standard InChI is InChI=1S/C24H26N2O4S/c1-16-10-13-22(18(3)14-16)26-31(28,29)23-15-20(12-11-17(23)2)25-24(27)19(4)30-21-8-6-5-7-9-21/h5-15,19,26H,1-4H3,(H,25,27)/t19-/m0/s1. The number of sulfonamides is 1. The van der Waals surface area contributed by atoms with E-state index in [4.69, 9.17) is 4.74 Å². The Morgan fingerprint density at radius 1 is 0.903 bits per heavy atom. The van der Waals surface area contributed by atoms with Crippen LogP contribution in [0.4, 0.5) is 11.4 Å². The van der Waals surface area contributed by atoms with Crippen molar-refractivity contribution in [3.05, 3.63) is 83.4 Å². The zero-order chi connectivity index (χ0) is 22.6. The topological polar surface area (TPSA) is 84.5 Å². The fourth-order valence-corrected chi connectivity index (χ4v) is 4.50. The van der Waals surface area contributed by atoms with Crippen LogP contribution >= 0.6 is 0 Å². The molecule has 6 nitrogen and oxygen atoms in total. The highest BCUT2D eigenvalue weighted by atomic mass is 32.2. The Morgan fingerprint density at radius 3 is 2.29 bits per heavy atom. The van der Waals surface area contributed by atoms with Crippen LogP contribution in [0.25, 0.3) is 0 Å². The number of hydrogen-bond acceptors (Lipinski definition) is 4. The van der Waals surface area contributed by atoms with Crippen LogP contribution < -0.4 is 14.8 Å². The highest BCUT2D eigenvalue weighted by molar-refractivity contribution is 7.92. The van der Waals surface area contributed by atoms with Gasteiger partial charge in [-0.05, 0) is 69.2 Å². The van der Waals surface area contributed by atoms with Gasteiger partial charge in [-0.15, -0.1) is 0 Å². The first kappa shape index (κ1) is 22.4. The summed E-state index contributed by atoms with van der Waals surface area (Å²) in [5.41, 5.74) is 3.35. The molecule has 0 saturated carbocycles. The van der Waals surface area contributed by atoms with Gasteiger partial charge in [0.15, 0.2) is 6.10 Å². The molecule has 3 rings (SSSR count). The van der Waals surface area contributed by atoms with Crippen molar-refractivity contribution >= 4 is 27.3 Å². The molecule has 0 aromatic heterocycles. The molecule has 162 valence electrons. The van der Waals surface area contributed by atoms with E-state index in [-0.39, 0.29) is 10.8 Å². The number of nitrogens with one attached hydrogen (secondary N) is 2. The summed E-state index contributed by atoms with van der Waals surface area (Å²) in [7, 11) is -3.84. The lowest BCUT2D eigenvalue weighted by Gasteiger charge is -2.16. The van der Waals surface area contributed by atoms with E-state index in [9.17, 15) is 13.2 Å².